The second kappa shape index (κ2) is 7.17. The first-order chi connectivity index (χ1) is 13.5. The Balaban J connectivity index is 2.14. The minimum atomic E-state index is -5.39. The molecule has 0 radical (unpaired) electrons. The number of urea groups is 1. The maximum Gasteiger partial charge on any atom is 0.437 e. The number of carboxylic acids is 1. The average Bonchev–Trinajstić information content (AvgIpc) is 2.67. The molecule has 0 spiro atoms. The predicted molar refractivity (Wildman–Crippen MR) is 88.2 cm³/mol. The number of amides is 2. The molecule has 8 nitrogen and oxygen atoms in total. The fourth-order valence-electron chi connectivity index (χ4n) is 3.13. The summed E-state index contributed by atoms with van der Waals surface area (Å²) >= 11 is 0. The lowest BCUT2D eigenvalue weighted by atomic mass is 9.77. The fourth-order valence-corrected chi connectivity index (χ4v) is 3.13. The van der Waals surface area contributed by atoms with Gasteiger partial charge in [-0.2, -0.15) is 13.2 Å². The van der Waals surface area contributed by atoms with Crippen LogP contribution in [0.25, 0.3) is 0 Å². The molecule has 0 bridgehead atoms. The summed E-state index contributed by atoms with van der Waals surface area (Å²) in [5.41, 5.74) is -4.36. The van der Waals surface area contributed by atoms with E-state index in [1.54, 1.807) is 0 Å². The molecule has 1 aromatic heterocycles. The van der Waals surface area contributed by atoms with Gasteiger partial charge >= 0.3 is 12.2 Å². The number of pyridine rings is 1. The quantitative estimate of drug-likeness (QED) is 0.633. The minimum absolute atomic E-state index is 0.0187. The smallest absolute Gasteiger partial charge is 0.437 e. The molecule has 2 aromatic rings. The van der Waals surface area contributed by atoms with E-state index in [-0.39, 0.29) is 16.7 Å². The van der Waals surface area contributed by atoms with Crippen LogP contribution in [0.1, 0.15) is 32.3 Å². The number of aromatic nitrogens is 1. The number of ketones is 1. The van der Waals surface area contributed by atoms with Crippen LogP contribution in [0.2, 0.25) is 0 Å². The highest BCUT2D eigenvalue weighted by Gasteiger charge is 2.66. The second-order valence-electron chi connectivity index (χ2n) is 6.33. The number of nitrogens with one attached hydrogen (secondary N) is 2. The van der Waals surface area contributed by atoms with Crippen molar-refractivity contribution in [2.24, 2.45) is 5.92 Å². The number of halogens is 3. The Kier molecular flexibility index (Phi) is 5.01. The van der Waals surface area contributed by atoms with Crippen molar-refractivity contribution < 1.29 is 37.8 Å². The van der Waals surface area contributed by atoms with E-state index in [1.807, 2.05) is 0 Å². The molecule has 3 atom stereocenters. The Labute approximate surface area is 161 Å². The maximum absolute atomic E-state index is 13.7. The third-order valence-corrected chi connectivity index (χ3v) is 4.54. The van der Waals surface area contributed by atoms with Gasteiger partial charge in [0.2, 0.25) is 5.72 Å². The summed E-state index contributed by atoms with van der Waals surface area (Å²) in [7, 11) is 0. The van der Waals surface area contributed by atoms with Gasteiger partial charge in [0.05, 0.1) is 12.0 Å². The number of carboxylic acid groups (broad SMARTS) is 1. The van der Waals surface area contributed by atoms with Gasteiger partial charge in [0.15, 0.2) is 5.78 Å². The van der Waals surface area contributed by atoms with Gasteiger partial charge in [-0.1, -0.05) is 24.3 Å². The van der Waals surface area contributed by atoms with Gasteiger partial charge in [-0.25, -0.2) is 4.79 Å². The van der Waals surface area contributed by atoms with Crippen molar-refractivity contribution in [3.8, 4) is 0 Å². The normalized spacial score (nSPS) is 24.3. The molecule has 11 heteroatoms. The van der Waals surface area contributed by atoms with Crippen LogP contribution in [0.15, 0.2) is 48.8 Å². The summed E-state index contributed by atoms with van der Waals surface area (Å²) in [5, 5.41) is 24.9. The summed E-state index contributed by atoms with van der Waals surface area (Å²) in [5.74, 6) is -4.86. The molecular formula is C18H13F3N3O5-. The number of hydrogen-bond acceptors (Lipinski definition) is 6. The summed E-state index contributed by atoms with van der Waals surface area (Å²) in [6, 6.07) is 3.95. The van der Waals surface area contributed by atoms with Crippen molar-refractivity contribution in [1.29, 1.82) is 0 Å². The lowest BCUT2D eigenvalue weighted by Gasteiger charge is -2.45. The van der Waals surface area contributed by atoms with E-state index in [4.69, 9.17) is 0 Å². The molecule has 3 N–H and O–H groups in total. The molecule has 2 heterocycles. The van der Waals surface area contributed by atoms with E-state index in [2.05, 4.69) is 10.3 Å². The molecule has 1 aliphatic heterocycles. The number of alkyl halides is 3. The zero-order chi connectivity index (χ0) is 21.4. The molecule has 0 aliphatic carbocycles. The van der Waals surface area contributed by atoms with E-state index in [0.29, 0.717) is 0 Å². The van der Waals surface area contributed by atoms with Crippen LogP contribution < -0.4 is 15.7 Å². The molecule has 1 saturated heterocycles. The zero-order valence-corrected chi connectivity index (χ0v) is 14.4. The number of Topliss-reactive ketones (excluding diaryl/α,β-unsaturated/α-hetero) is 1. The SMILES string of the molecule is O=C1N[C@@H](c2ccc(C(=O)[O-])cc2)[C@H](C(=O)c2cccnc2)[C@@](O)(C(F)(F)F)N1. The number of hydrogen-bond donors (Lipinski definition) is 3. The monoisotopic (exact) mass is 408 g/mol. The van der Waals surface area contributed by atoms with Crippen LogP contribution >= 0.6 is 0 Å². The third-order valence-electron chi connectivity index (χ3n) is 4.54. The molecule has 3 rings (SSSR count). The molecule has 0 saturated carbocycles. The summed E-state index contributed by atoms with van der Waals surface area (Å²) in [6.07, 6.45) is -3.05. The first-order valence-electron chi connectivity index (χ1n) is 8.18. The predicted octanol–water partition coefficient (Wildman–Crippen LogP) is 0.549. The number of nitrogens with zero attached hydrogens (tertiary/aromatic N) is 1. The Morgan fingerprint density at radius 3 is 2.31 bits per heavy atom. The number of aliphatic hydroxyl groups is 1. The van der Waals surface area contributed by atoms with Crippen LogP contribution in [-0.2, 0) is 0 Å². The molecule has 1 aromatic carbocycles. The van der Waals surface area contributed by atoms with Crippen LogP contribution in [0.4, 0.5) is 18.0 Å². The Hall–Kier alpha value is -3.47. The van der Waals surface area contributed by atoms with Crippen molar-refractivity contribution in [3.05, 3.63) is 65.5 Å². The number of rotatable bonds is 4. The number of carbonyl (C=O) groups is 3. The van der Waals surface area contributed by atoms with Crippen LogP contribution in [0, 0.1) is 5.92 Å². The number of benzene rings is 1. The third kappa shape index (κ3) is 3.63. The summed E-state index contributed by atoms with van der Waals surface area (Å²) in [4.78, 5) is 39.4. The first kappa shape index (κ1) is 20.3. The van der Waals surface area contributed by atoms with E-state index >= 15 is 0 Å². The molecule has 1 aliphatic rings. The van der Waals surface area contributed by atoms with Gasteiger partial charge in [-0.15, -0.1) is 0 Å². The molecule has 29 heavy (non-hydrogen) atoms. The van der Waals surface area contributed by atoms with E-state index in [1.165, 1.54) is 23.6 Å². The van der Waals surface area contributed by atoms with Crippen molar-refractivity contribution >= 4 is 17.8 Å². The summed E-state index contributed by atoms with van der Waals surface area (Å²) < 4.78 is 41.2. The van der Waals surface area contributed by atoms with Crippen molar-refractivity contribution in [1.82, 2.24) is 15.6 Å². The van der Waals surface area contributed by atoms with Gasteiger partial charge in [-0.05, 0) is 23.3 Å². The molecule has 1 fully saturated rings. The standard InChI is InChI=1S/C18H14F3N3O5/c19-18(20,21)17(29)12(14(25)11-2-1-7-22-8-11)13(23-16(28)24-17)9-3-5-10(6-4-9)15(26)27/h1-8,12-13,29H,(H,26,27)(H2,23,24,28)/p-1/t12-,13+,17-/m1/s1. The molecule has 0 unspecified atom stereocenters. The highest BCUT2D eigenvalue weighted by molar-refractivity contribution is 6.00. The van der Waals surface area contributed by atoms with E-state index in [9.17, 15) is 37.8 Å². The molecule has 152 valence electrons. The van der Waals surface area contributed by atoms with Crippen molar-refractivity contribution in [2.45, 2.75) is 17.9 Å². The van der Waals surface area contributed by atoms with Gasteiger partial charge in [-0.3, -0.25) is 9.78 Å². The minimum Gasteiger partial charge on any atom is -0.545 e. The van der Waals surface area contributed by atoms with Crippen molar-refractivity contribution in [2.75, 3.05) is 0 Å². The Morgan fingerprint density at radius 1 is 1.14 bits per heavy atom. The molecular weight excluding hydrogens is 395 g/mol. The Bertz CT molecular complexity index is 949. The first-order valence-corrected chi connectivity index (χ1v) is 8.18. The van der Waals surface area contributed by atoms with Crippen LogP contribution in [-0.4, -0.2) is 39.8 Å². The fraction of sp³-hybridized carbons (Fsp3) is 0.222. The zero-order valence-electron chi connectivity index (χ0n) is 14.4. The van der Waals surface area contributed by atoms with Gasteiger partial charge in [0, 0.05) is 18.0 Å². The second-order valence-corrected chi connectivity index (χ2v) is 6.33. The van der Waals surface area contributed by atoms with Crippen molar-refractivity contribution in [3.63, 3.8) is 0 Å². The number of aromatic carboxylic acids is 1. The van der Waals surface area contributed by atoms with Gasteiger partial charge < -0.3 is 25.6 Å². The van der Waals surface area contributed by atoms with Crippen LogP contribution in [0.3, 0.4) is 0 Å². The highest BCUT2D eigenvalue weighted by atomic mass is 19.4. The highest BCUT2D eigenvalue weighted by Crippen LogP contribution is 2.43. The average molecular weight is 408 g/mol. The Morgan fingerprint density at radius 2 is 1.79 bits per heavy atom. The number of carbonyl (C=O) groups excluding carboxylic acids is 3. The van der Waals surface area contributed by atoms with Crippen LogP contribution in [0.5, 0.6) is 0 Å². The van der Waals surface area contributed by atoms with E-state index in [0.717, 1.165) is 30.5 Å². The molecule has 2 amide bonds. The largest absolute Gasteiger partial charge is 0.545 e. The van der Waals surface area contributed by atoms with E-state index < -0.39 is 41.6 Å². The van der Waals surface area contributed by atoms with Gasteiger partial charge in [0.25, 0.3) is 0 Å². The maximum atomic E-state index is 13.7. The lowest BCUT2D eigenvalue weighted by Crippen LogP contribution is -2.72. The summed E-state index contributed by atoms with van der Waals surface area (Å²) in [6.45, 7) is 0. The lowest BCUT2D eigenvalue weighted by molar-refractivity contribution is -0.287. The topological polar surface area (TPSA) is 131 Å². The van der Waals surface area contributed by atoms with Gasteiger partial charge in [0.1, 0.15) is 5.92 Å².